The molecule has 8 nitrogen and oxygen atoms in total. The van der Waals surface area contributed by atoms with Crippen LogP contribution in [0.3, 0.4) is 0 Å². The maximum atomic E-state index is 12.7. The number of aryl methyl sites for hydroxylation is 1. The molecule has 0 radical (unpaired) electrons. The monoisotopic (exact) mass is 390 g/mol. The van der Waals surface area contributed by atoms with Crippen LogP contribution in [-0.4, -0.2) is 19.9 Å². The van der Waals surface area contributed by atoms with Gasteiger partial charge in [0.2, 0.25) is 11.6 Å². The molecular weight excluding hydrogens is 377 g/mol. The van der Waals surface area contributed by atoms with Gasteiger partial charge in [0, 0.05) is 11.4 Å². The zero-order valence-electron chi connectivity index (χ0n) is 14.4. The summed E-state index contributed by atoms with van der Waals surface area (Å²) in [5.41, 5.74) is -0.395. The number of hydrogen-bond donors (Lipinski definition) is 2. The predicted molar refractivity (Wildman–Crippen MR) is 95.7 cm³/mol. The van der Waals surface area contributed by atoms with Gasteiger partial charge in [-0.25, -0.2) is 15.0 Å². The van der Waals surface area contributed by atoms with Gasteiger partial charge in [0.15, 0.2) is 0 Å². The molecule has 0 amide bonds. The molecule has 11 heteroatoms. The Morgan fingerprint density at radius 2 is 1.64 bits per heavy atom. The van der Waals surface area contributed by atoms with Gasteiger partial charge < -0.3 is 10.6 Å². The number of nitrogens with one attached hydrogen (secondary N) is 2. The van der Waals surface area contributed by atoms with Crippen molar-refractivity contribution >= 4 is 28.8 Å². The minimum atomic E-state index is -4.47. The fourth-order valence-corrected chi connectivity index (χ4v) is 2.35. The third-order valence-electron chi connectivity index (χ3n) is 3.61. The molecular formula is C17H13F3N6O2. The average Bonchev–Trinajstić information content (AvgIpc) is 2.61. The molecule has 3 aromatic rings. The maximum Gasteiger partial charge on any atom is 0.416 e. The number of aromatic nitrogens is 3. The predicted octanol–water partition coefficient (Wildman–Crippen LogP) is 4.59. The Labute approximate surface area is 156 Å². The fourth-order valence-electron chi connectivity index (χ4n) is 2.35. The molecule has 0 saturated heterocycles. The Morgan fingerprint density at radius 3 is 2.21 bits per heavy atom. The highest BCUT2D eigenvalue weighted by molar-refractivity contribution is 5.76. The molecule has 3 rings (SSSR count). The number of pyridine rings is 1. The molecule has 0 fully saturated rings. The van der Waals surface area contributed by atoms with Crippen LogP contribution < -0.4 is 10.6 Å². The van der Waals surface area contributed by atoms with Gasteiger partial charge in [-0.1, -0.05) is 6.07 Å². The summed E-state index contributed by atoms with van der Waals surface area (Å²) in [5, 5.41) is 17.0. The van der Waals surface area contributed by atoms with Crippen molar-refractivity contribution in [3.05, 3.63) is 70.2 Å². The zero-order valence-corrected chi connectivity index (χ0v) is 14.4. The van der Waals surface area contributed by atoms with E-state index in [1.165, 1.54) is 0 Å². The van der Waals surface area contributed by atoms with Crippen LogP contribution in [-0.2, 0) is 6.18 Å². The SMILES string of the molecule is Cc1cccc(Nc2ncnc(Nc3ccc(C(F)(F)F)cc3)c2[N+](=O)[O-])n1. The van der Waals surface area contributed by atoms with Crippen LogP contribution in [0.1, 0.15) is 11.3 Å². The van der Waals surface area contributed by atoms with E-state index in [4.69, 9.17) is 0 Å². The molecule has 2 aromatic heterocycles. The molecule has 0 spiro atoms. The highest BCUT2D eigenvalue weighted by atomic mass is 19.4. The number of nitro groups is 1. The number of hydrogen-bond acceptors (Lipinski definition) is 7. The molecule has 1 aromatic carbocycles. The number of nitrogens with zero attached hydrogens (tertiary/aromatic N) is 4. The van der Waals surface area contributed by atoms with E-state index in [0.29, 0.717) is 11.5 Å². The van der Waals surface area contributed by atoms with Crippen molar-refractivity contribution in [1.29, 1.82) is 0 Å². The number of rotatable bonds is 5. The first kappa shape index (κ1) is 19.0. The van der Waals surface area contributed by atoms with Gasteiger partial charge in [-0.15, -0.1) is 0 Å². The second-order valence-corrected chi connectivity index (χ2v) is 5.67. The Morgan fingerprint density at radius 1 is 1.00 bits per heavy atom. The average molecular weight is 390 g/mol. The standard InChI is InChI=1S/C17H13F3N6O2/c1-10-3-2-4-13(23-10)25-16-14(26(27)28)15(21-9-22-16)24-12-7-5-11(6-8-12)17(18,19)20/h2-9H,1H3,(H2,21,22,23,24,25). The first-order chi connectivity index (χ1) is 13.2. The Kier molecular flexibility index (Phi) is 5.07. The minimum absolute atomic E-state index is 0.104. The van der Waals surface area contributed by atoms with Gasteiger partial charge in [-0.2, -0.15) is 13.2 Å². The normalized spacial score (nSPS) is 11.1. The zero-order chi connectivity index (χ0) is 20.3. The van der Waals surface area contributed by atoms with Gasteiger partial charge in [-0.3, -0.25) is 10.1 Å². The van der Waals surface area contributed by atoms with Crippen molar-refractivity contribution in [2.75, 3.05) is 10.6 Å². The van der Waals surface area contributed by atoms with E-state index < -0.39 is 22.4 Å². The molecule has 2 N–H and O–H groups in total. The molecule has 2 heterocycles. The summed E-state index contributed by atoms with van der Waals surface area (Å²) in [4.78, 5) is 22.8. The van der Waals surface area contributed by atoms with Crippen LogP contribution in [0.15, 0.2) is 48.8 Å². The van der Waals surface area contributed by atoms with Crippen LogP contribution in [0.25, 0.3) is 0 Å². The van der Waals surface area contributed by atoms with E-state index >= 15 is 0 Å². The fraction of sp³-hybridized carbons (Fsp3) is 0.118. The lowest BCUT2D eigenvalue weighted by Gasteiger charge is -2.11. The topological polar surface area (TPSA) is 106 Å². The van der Waals surface area contributed by atoms with Crippen molar-refractivity contribution in [1.82, 2.24) is 15.0 Å². The summed E-state index contributed by atoms with van der Waals surface area (Å²) < 4.78 is 38.0. The van der Waals surface area contributed by atoms with Crippen LogP contribution in [0.4, 0.5) is 42.0 Å². The largest absolute Gasteiger partial charge is 0.416 e. The quantitative estimate of drug-likeness (QED) is 0.485. The van der Waals surface area contributed by atoms with E-state index in [0.717, 1.165) is 30.6 Å². The third-order valence-corrected chi connectivity index (χ3v) is 3.61. The minimum Gasteiger partial charge on any atom is -0.334 e. The maximum absolute atomic E-state index is 12.7. The third kappa shape index (κ3) is 4.31. The summed E-state index contributed by atoms with van der Waals surface area (Å²) >= 11 is 0. The molecule has 28 heavy (non-hydrogen) atoms. The molecule has 0 aliphatic heterocycles. The van der Waals surface area contributed by atoms with Crippen molar-refractivity contribution < 1.29 is 18.1 Å². The lowest BCUT2D eigenvalue weighted by molar-refractivity contribution is -0.383. The Bertz CT molecular complexity index is 1010. The summed E-state index contributed by atoms with van der Waals surface area (Å²) in [7, 11) is 0. The van der Waals surface area contributed by atoms with Gasteiger partial charge >= 0.3 is 11.9 Å². The summed E-state index contributed by atoms with van der Waals surface area (Å²) in [6.45, 7) is 1.76. The van der Waals surface area contributed by atoms with Gasteiger partial charge in [0.25, 0.3) is 0 Å². The van der Waals surface area contributed by atoms with Gasteiger partial charge in [0.1, 0.15) is 12.1 Å². The van der Waals surface area contributed by atoms with E-state index in [-0.39, 0.29) is 17.3 Å². The molecule has 0 unspecified atom stereocenters. The summed E-state index contributed by atoms with van der Waals surface area (Å²) in [6, 6.07) is 9.14. The first-order valence-electron chi connectivity index (χ1n) is 7.88. The van der Waals surface area contributed by atoms with E-state index in [9.17, 15) is 23.3 Å². The first-order valence-corrected chi connectivity index (χ1v) is 7.88. The van der Waals surface area contributed by atoms with Crippen LogP contribution in [0.2, 0.25) is 0 Å². The summed E-state index contributed by atoms with van der Waals surface area (Å²) in [5.74, 6) is 0.0738. The summed E-state index contributed by atoms with van der Waals surface area (Å²) in [6.07, 6.45) is -3.38. The van der Waals surface area contributed by atoms with Gasteiger partial charge in [-0.05, 0) is 43.3 Å². The molecule has 0 bridgehead atoms. The number of benzene rings is 1. The highest BCUT2D eigenvalue weighted by Gasteiger charge is 2.30. The lowest BCUT2D eigenvalue weighted by Crippen LogP contribution is -2.07. The Balaban J connectivity index is 1.92. The van der Waals surface area contributed by atoms with E-state index in [1.807, 2.05) is 0 Å². The van der Waals surface area contributed by atoms with Crippen molar-refractivity contribution in [2.45, 2.75) is 13.1 Å². The van der Waals surface area contributed by atoms with Crippen molar-refractivity contribution in [2.24, 2.45) is 0 Å². The number of anilines is 4. The molecule has 0 aliphatic rings. The van der Waals surface area contributed by atoms with Gasteiger partial charge in [0.05, 0.1) is 10.5 Å². The number of halogens is 3. The van der Waals surface area contributed by atoms with E-state index in [2.05, 4.69) is 25.6 Å². The molecule has 0 atom stereocenters. The second-order valence-electron chi connectivity index (χ2n) is 5.67. The van der Waals surface area contributed by atoms with Crippen molar-refractivity contribution in [3.8, 4) is 0 Å². The van der Waals surface area contributed by atoms with Crippen LogP contribution >= 0.6 is 0 Å². The van der Waals surface area contributed by atoms with E-state index in [1.54, 1.807) is 25.1 Å². The number of alkyl halides is 3. The van der Waals surface area contributed by atoms with Crippen LogP contribution in [0, 0.1) is 17.0 Å². The van der Waals surface area contributed by atoms with Crippen LogP contribution in [0.5, 0.6) is 0 Å². The molecule has 0 saturated carbocycles. The molecule has 0 aliphatic carbocycles. The molecule has 144 valence electrons. The Hall–Kier alpha value is -3.76. The highest BCUT2D eigenvalue weighted by Crippen LogP contribution is 2.34. The lowest BCUT2D eigenvalue weighted by atomic mass is 10.2. The van der Waals surface area contributed by atoms with Crippen molar-refractivity contribution in [3.63, 3.8) is 0 Å². The second kappa shape index (κ2) is 7.47. The smallest absolute Gasteiger partial charge is 0.334 e.